The van der Waals surface area contributed by atoms with E-state index in [1.807, 2.05) is 36.4 Å². The van der Waals surface area contributed by atoms with Gasteiger partial charge in [-0.1, -0.05) is 140 Å². The fraction of sp³-hybridized carbons (Fsp3) is 0. The van der Waals surface area contributed by atoms with E-state index in [2.05, 4.69) is 179 Å². The highest BCUT2D eigenvalue weighted by atomic mass is 16.3. The van der Waals surface area contributed by atoms with Crippen LogP contribution >= 0.6 is 0 Å². The van der Waals surface area contributed by atoms with Crippen molar-refractivity contribution in [1.29, 1.82) is 0 Å². The highest BCUT2D eigenvalue weighted by Gasteiger charge is 2.13. The van der Waals surface area contributed by atoms with Gasteiger partial charge in [0.25, 0.3) is 0 Å². The third-order valence-electron chi connectivity index (χ3n) is 11.0. The van der Waals surface area contributed by atoms with Gasteiger partial charge in [0, 0.05) is 22.0 Å². The third kappa shape index (κ3) is 5.66. The molecule has 11 aromatic rings. The highest BCUT2D eigenvalue weighted by molar-refractivity contribution is 6.09. The number of fused-ring (bicyclic) bond motifs is 6. The molecule has 0 bridgehead atoms. The fourth-order valence-corrected chi connectivity index (χ4v) is 8.10. The standard InChI is InChI=1S/C53H34N2O/c1-2-8-39(9-3-1)53-54-49-29-27-45(34-52(49)56-53)38-22-20-37(21-23-38)42-25-24-40-30-35(16-18-43(40)32-42)14-15-36-17-19-44-33-46(28-26-41(44)31-36)55-50-12-6-4-10-47(50)48-11-5-7-13-51(48)55/h1-34H. The van der Waals surface area contributed by atoms with Crippen LogP contribution in [-0.4, -0.2) is 9.55 Å². The van der Waals surface area contributed by atoms with Crippen molar-refractivity contribution in [2.24, 2.45) is 0 Å². The van der Waals surface area contributed by atoms with E-state index in [1.165, 1.54) is 71.3 Å². The van der Waals surface area contributed by atoms with E-state index < -0.39 is 0 Å². The van der Waals surface area contributed by atoms with Crippen LogP contribution in [-0.2, 0) is 0 Å². The number of hydrogen-bond acceptors (Lipinski definition) is 2. The Morgan fingerprint density at radius 3 is 1.59 bits per heavy atom. The topological polar surface area (TPSA) is 31.0 Å². The van der Waals surface area contributed by atoms with Gasteiger partial charge in [-0.2, -0.15) is 0 Å². The Hall–Kier alpha value is -7.49. The van der Waals surface area contributed by atoms with Crippen LogP contribution in [0.4, 0.5) is 0 Å². The molecule has 9 aromatic carbocycles. The van der Waals surface area contributed by atoms with Crippen LogP contribution in [0.1, 0.15) is 11.1 Å². The first kappa shape index (κ1) is 32.0. The molecule has 0 atom stereocenters. The van der Waals surface area contributed by atoms with Gasteiger partial charge in [0.2, 0.25) is 5.89 Å². The van der Waals surface area contributed by atoms with E-state index >= 15 is 0 Å². The second kappa shape index (κ2) is 13.1. The lowest BCUT2D eigenvalue weighted by atomic mass is 9.97. The van der Waals surface area contributed by atoms with Crippen molar-refractivity contribution < 1.29 is 4.42 Å². The minimum absolute atomic E-state index is 0.642. The Kier molecular flexibility index (Phi) is 7.49. The third-order valence-corrected chi connectivity index (χ3v) is 11.0. The summed E-state index contributed by atoms with van der Waals surface area (Å²) in [6.07, 6.45) is 4.41. The number of aromatic nitrogens is 2. The minimum atomic E-state index is 0.642. The first-order valence-electron chi connectivity index (χ1n) is 19.0. The van der Waals surface area contributed by atoms with E-state index in [0.717, 1.165) is 27.8 Å². The molecule has 2 aromatic heterocycles. The molecule has 0 N–H and O–H groups in total. The molecule has 0 amide bonds. The summed E-state index contributed by atoms with van der Waals surface area (Å²) in [5.41, 5.74) is 13.2. The quantitative estimate of drug-likeness (QED) is 0.161. The molecule has 2 heterocycles. The van der Waals surface area contributed by atoms with Crippen molar-refractivity contribution in [1.82, 2.24) is 9.55 Å². The lowest BCUT2D eigenvalue weighted by molar-refractivity contribution is 0.620. The maximum atomic E-state index is 6.13. The van der Waals surface area contributed by atoms with Crippen LogP contribution in [0.15, 0.2) is 199 Å². The number of para-hydroxylation sites is 2. The maximum Gasteiger partial charge on any atom is 0.227 e. The molecule has 262 valence electrons. The second-order valence-corrected chi connectivity index (χ2v) is 14.5. The Bertz CT molecular complexity index is 3240. The zero-order valence-corrected chi connectivity index (χ0v) is 30.4. The summed E-state index contributed by atoms with van der Waals surface area (Å²) in [5.74, 6) is 0.642. The van der Waals surface area contributed by atoms with E-state index in [-0.39, 0.29) is 0 Å². The molecule has 0 radical (unpaired) electrons. The summed E-state index contributed by atoms with van der Waals surface area (Å²) >= 11 is 0. The van der Waals surface area contributed by atoms with Crippen LogP contribution < -0.4 is 0 Å². The van der Waals surface area contributed by atoms with Gasteiger partial charge in [-0.05, 0) is 122 Å². The molecule has 3 nitrogen and oxygen atoms in total. The fourth-order valence-electron chi connectivity index (χ4n) is 8.10. The first-order chi connectivity index (χ1) is 27.7. The zero-order chi connectivity index (χ0) is 37.0. The van der Waals surface area contributed by atoms with Crippen LogP contribution in [0.25, 0.3) is 106 Å². The van der Waals surface area contributed by atoms with E-state index in [4.69, 9.17) is 4.42 Å². The van der Waals surface area contributed by atoms with Gasteiger partial charge in [0.1, 0.15) is 5.52 Å². The Morgan fingerprint density at radius 1 is 0.393 bits per heavy atom. The molecule has 0 aliphatic heterocycles. The normalized spacial score (nSPS) is 11.9. The van der Waals surface area contributed by atoms with Crippen molar-refractivity contribution in [2.45, 2.75) is 0 Å². The number of benzene rings is 9. The van der Waals surface area contributed by atoms with Gasteiger partial charge in [0.15, 0.2) is 5.58 Å². The number of nitrogens with zero attached hydrogens (tertiary/aromatic N) is 2. The molecule has 0 aliphatic rings. The molecular formula is C53H34N2O. The van der Waals surface area contributed by atoms with Crippen molar-refractivity contribution in [3.05, 3.63) is 205 Å². The molecule has 0 unspecified atom stereocenters. The number of oxazole rings is 1. The molecule has 0 aliphatic carbocycles. The summed E-state index contributed by atoms with van der Waals surface area (Å²) in [7, 11) is 0. The second-order valence-electron chi connectivity index (χ2n) is 14.5. The van der Waals surface area contributed by atoms with Crippen molar-refractivity contribution in [2.75, 3.05) is 0 Å². The van der Waals surface area contributed by atoms with Gasteiger partial charge in [-0.25, -0.2) is 4.98 Å². The SMILES string of the molecule is C(=Cc1ccc2cc(-n3c4ccccc4c4ccccc43)ccc2c1)c1ccc2cc(-c3ccc(-c4ccc5nc(-c6ccccc6)oc5c4)cc3)ccc2c1. The molecule has 0 saturated carbocycles. The minimum Gasteiger partial charge on any atom is -0.436 e. The summed E-state index contributed by atoms with van der Waals surface area (Å²) in [5, 5.41) is 7.45. The largest absolute Gasteiger partial charge is 0.436 e. The summed E-state index contributed by atoms with van der Waals surface area (Å²) in [6, 6.07) is 69.2. The smallest absolute Gasteiger partial charge is 0.227 e. The lowest BCUT2D eigenvalue weighted by Gasteiger charge is -2.10. The van der Waals surface area contributed by atoms with Gasteiger partial charge < -0.3 is 8.98 Å². The van der Waals surface area contributed by atoms with Crippen LogP contribution in [0.2, 0.25) is 0 Å². The van der Waals surface area contributed by atoms with Gasteiger partial charge in [-0.15, -0.1) is 0 Å². The van der Waals surface area contributed by atoms with Crippen LogP contribution in [0, 0.1) is 0 Å². The van der Waals surface area contributed by atoms with E-state index in [0.29, 0.717) is 5.89 Å². The van der Waals surface area contributed by atoms with Crippen molar-refractivity contribution >= 4 is 66.6 Å². The molecule has 11 rings (SSSR count). The Balaban J connectivity index is 0.815. The van der Waals surface area contributed by atoms with Crippen molar-refractivity contribution in [3.63, 3.8) is 0 Å². The predicted molar refractivity (Wildman–Crippen MR) is 235 cm³/mol. The van der Waals surface area contributed by atoms with Gasteiger partial charge >= 0.3 is 0 Å². The lowest BCUT2D eigenvalue weighted by Crippen LogP contribution is -1.93. The van der Waals surface area contributed by atoms with Crippen LogP contribution in [0.3, 0.4) is 0 Å². The average molecular weight is 715 g/mol. The molecule has 56 heavy (non-hydrogen) atoms. The van der Waals surface area contributed by atoms with E-state index in [9.17, 15) is 0 Å². The highest BCUT2D eigenvalue weighted by Crippen LogP contribution is 2.34. The molecular weight excluding hydrogens is 681 g/mol. The van der Waals surface area contributed by atoms with Crippen LogP contribution in [0.5, 0.6) is 0 Å². The van der Waals surface area contributed by atoms with E-state index in [1.54, 1.807) is 0 Å². The first-order valence-corrected chi connectivity index (χ1v) is 19.0. The number of rotatable bonds is 6. The molecule has 3 heteroatoms. The average Bonchev–Trinajstić information content (AvgIpc) is 3.85. The number of hydrogen-bond donors (Lipinski definition) is 0. The summed E-state index contributed by atoms with van der Waals surface area (Å²) < 4.78 is 8.50. The molecule has 0 saturated heterocycles. The van der Waals surface area contributed by atoms with Gasteiger partial charge in [-0.3, -0.25) is 0 Å². The van der Waals surface area contributed by atoms with Gasteiger partial charge in [0.05, 0.1) is 11.0 Å². The van der Waals surface area contributed by atoms with Crippen molar-refractivity contribution in [3.8, 4) is 39.4 Å². The monoisotopic (exact) mass is 714 g/mol. The zero-order valence-electron chi connectivity index (χ0n) is 30.4. The predicted octanol–water partition coefficient (Wildman–Crippen LogP) is 14.4. The maximum absolute atomic E-state index is 6.13. The Morgan fingerprint density at radius 2 is 0.911 bits per heavy atom. The Labute approximate surface area is 324 Å². The summed E-state index contributed by atoms with van der Waals surface area (Å²) in [6.45, 7) is 0. The summed E-state index contributed by atoms with van der Waals surface area (Å²) in [4.78, 5) is 4.69. The molecule has 0 spiro atoms. The molecule has 0 fully saturated rings.